The third kappa shape index (κ3) is 4.03. The van der Waals surface area contributed by atoms with Gasteiger partial charge in [-0.25, -0.2) is 9.37 Å². The Morgan fingerprint density at radius 2 is 2.16 bits per heavy atom. The fraction of sp³-hybridized carbons (Fsp3) is 0.263. The summed E-state index contributed by atoms with van der Waals surface area (Å²) in [5.74, 6) is -1.24. The number of aromatic nitrogens is 1. The van der Waals surface area contributed by atoms with Crippen LogP contribution < -0.4 is 10.1 Å². The van der Waals surface area contributed by atoms with E-state index in [4.69, 9.17) is 4.74 Å². The number of amides is 1. The number of carbonyl (C=O) groups excluding carboxylic acids is 1. The molecule has 0 aliphatic heterocycles. The SMILES string of the molecule is C=C(C)C(CO)c1ccc(F)cc1C(=O)Nc1c(C)ccnc1OC. The second-order valence-electron chi connectivity index (χ2n) is 5.78. The summed E-state index contributed by atoms with van der Waals surface area (Å²) in [5, 5.41) is 12.4. The number of benzene rings is 1. The van der Waals surface area contributed by atoms with Crippen LogP contribution in [0.25, 0.3) is 0 Å². The number of halogens is 1. The zero-order valence-electron chi connectivity index (χ0n) is 14.5. The number of methoxy groups -OCH3 is 1. The summed E-state index contributed by atoms with van der Waals surface area (Å²) < 4.78 is 18.9. The first-order chi connectivity index (χ1) is 11.9. The van der Waals surface area contributed by atoms with Crippen LogP contribution in [0.2, 0.25) is 0 Å². The standard InChI is InChI=1S/C19H21FN2O3/c1-11(2)16(10-23)14-6-5-13(20)9-15(14)18(24)22-17-12(3)7-8-21-19(17)25-4/h5-9,16,23H,1,10H2,2-4H3,(H,22,24). The number of anilines is 1. The number of nitrogens with one attached hydrogen (secondary N) is 1. The molecule has 0 aliphatic carbocycles. The van der Waals surface area contributed by atoms with E-state index in [0.29, 0.717) is 16.8 Å². The van der Waals surface area contributed by atoms with Gasteiger partial charge >= 0.3 is 0 Å². The lowest BCUT2D eigenvalue weighted by Crippen LogP contribution is -2.19. The third-order valence-electron chi connectivity index (χ3n) is 3.97. The molecule has 25 heavy (non-hydrogen) atoms. The average Bonchev–Trinajstić information content (AvgIpc) is 2.58. The molecule has 1 heterocycles. The van der Waals surface area contributed by atoms with E-state index < -0.39 is 17.6 Å². The van der Waals surface area contributed by atoms with E-state index in [2.05, 4.69) is 16.9 Å². The number of nitrogens with zero attached hydrogens (tertiary/aromatic N) is 1. The van der Waals surface area contributed by atoms with E-state index in [1.165, 1.54) is 19.2 Å². The number of aliphatic hydroxyl groups is 1. The highest BCUT2D eigenvalue weighted by Crippen LogP contribution is 2.29. The van der Waals surface area contributed by atoms with Crippen molar-refractivity contribution in [2.45, 2.75) is 19.8 Å². The summed E-state index contributed by atoms with van der Waals surface area (Å²) in [6.45, 7) is 7.16. The van der Waals surface area contributed by atoms with Crippen LogP contribution in [0, 0.1) is 12.7 Å². The van der Waals surface area contributed by atoms with Crippen molar-refractivity contribution in [2.75, 3.05) is 19.0 Å². The molecule has 2 rings (SSSR count). The Kier molecular flexibility index (Phi) is 5.88. The molecule has 1 atom stereocenters. The van der Waals surface area contributed by atoms with Crippen molar-refractivity contribution in [3.63, 3.8) is 0 Å². The van der Waals surface area contributed by atoms with E-state index in [9.17, 15) is 14.3 Å². The highest BCUT2D eigenvalue weighted by molar-refractivity contribution is 6.06. The van der Waals surface area contributed by atoms with Crippen LogP contribution in [-0.4, -0.2) is 29.7 Å². The van der Waals surface area contributed by atoms with Gasteiger partial charge in [0.1, 0.15) is 11.5 Å². The summed E-state index contributed by atoms with van der Waals surface area (Å²) in [4.78, 5) is 16.8. The second kappa shape index (κ2) is 7.90. The molecule has 5 nitrogen and oxygen atoms in total. The van der Waals surface area contributed by atoms with Crippen molar-refractivity contribution in [3.05, 3.63) is 65.1 Å². The van der Waals surface area contributed by atoms with Gasteiger partial charge in [0.2, 0.25) is 5.88 Å². The Morgan fingerprint density at radius 1 is 1.44 bits per heavy atom. The van der Waals surface area contributed by atoms with Gasteiger partial charge in [-0.2, -0.15) is 0 Å². The Bertz CT molecular complexity index is 805. The molecule has 1 aromatic carbocycles. The minimum absolute atomic E-state index is 0.132. The van der Waals surface area contributed by atoms with Crippen LogP contribution in [-0.2, 0) is 0 Å². The Hall–Kier alpha value is -2.73. The van der Waals surface area contributed by atoms with Crippen LogP contribution >= 0.6 is 0 Å². The molecular formula is C19H21FN2O3. The van der Waals surface area contributed by atoms with Crippen molar-refractivity contribution in [3.8, 4) is 5.88 Å². The van der Waals surface area contributed by atoms with Crippen LogP contribution in [0.5, 0.6) is 5.88 Å². The smallest absolute Gasteiger partial charge is 0.256 e. The monoisotopic (exact) mass is 344 g/mol. The lowest BCUT2D eigenvalue weighted by molar-refractivity contribution is 0.102. The van der Waals surface area contributed by atoms with Gasteiger partial charge in [-0.15, -0.1) is 0 Å². The first kappa shape index (κ1) is 18.6. The van der Waals surface area contributed by atoms with Gasteiger partial charge in [-0.05, 0) is 43.2 Å². The first-order valence-electron chi connectivity index (χ1n) is 7.75. The molecule has 1 amide bonds. The van der Waals surface area contributed by atoms with E-state index in [1.807, 2.05) is 0 Å². The fourth-order valence-corrected chi connectivity index (χ4v) is 2.57. The molecule has 0 spiro atoms. The van der Waals surface area contributed by atoms with Crippen LogP contribution in [0.3, 0.4) is 0 Å². The van der Waals surface area contributed by atoms with E-state index in [0.717, 1.165) is 11.6 Å². The summed E-state index contributed by atoms with van der Waals surface area (Å²) in [6.07, 6.45) is 1.57. The van der Waals surface area contributed by atoms with Crippen LogP contribution in [0.15, 0.2) is 42.6 Å². The summed E-state index contributed by atoms with van der Waals surface area (Å²) in [7, 11) is 1.45. The molecule has 0 fully saturated rings. The summed E-state index contributed by atoms with van der Waals surface area (Å²) in [6, 6.07) is 5.63. The average molecular weight is 344 g/mol. The maximum Gasteiger partial charge on any atom is 0.256 e. The molecule has 6 heteroatoms. The van der Waals surface area contributed by atoms with Gasteiger partial charge in [0.25, 0.3) is 5.91 Å². The normalized spacial score (nSPS) is 11.7. The van der Waals surface area contributed by atoms with Crippen molar-refractivity contribution in [1.82, 2.24) is 4.98 Å². The molecule has 0 saturated carbocycles. The molecule has 0 bridgehead atoms. The Balaban J connectivity index is 2.46. The largest absolute Gasteiger partial charge is 0.480 e. The van der Waals surface area contributed by atoms with Crippen molar-refractivity contribution >= 4 is 11.6 Å². The predicted molar refractivity (Wildman–Crippen MR) is 94.5 cm³/mol. The second-order valence-corrected chi connectivity index (χ2v) is 5.78. The number of aliphatic hydroxyl groups excluding tert-OH is 1. The number of hydrogen-bond acceptors (Lipinski definition) is 4. The quantitative estimate of drug-likeness (QED) is 0.788. The van der Waals surface area contributed by atoms with Crippen molar-refractivity contribution in [1.29, 1.82) is 0 Å². The maximum atomic E-state index is 13.7. The van der Waals surface area contributed by atoms with Crippen LogP contribution in [0.4, 0.5) is 10.1 Å². The highest BCUT2D eigenvalue weighted by atomic mass is 19.1. The molecule has 2 aromatic rings. The van der Waals surface area contributed by atoms with Gasteiger partial charge in [-0.3, -0.25) is 4.79 Å². The molecular weight excluding hydrogens is 323 g/mol. The highest BCUT2D eigenvalue weighted by Gasteiger charge is 2.22. The number of pyridine rings is 1. The van der Waals surface area contributed by atoms with Crippen molar-refractivity contribution < 1.29 is 19.0 Å². The predicted octanol–water partition coefficient (Wildman–Crippen LogP) is 3.44. The number of aryl methyl sites for hydroxylation is 1. The maximum absolute atomic E-state index is 13.7. The van der Waals surface area contributed by atoms with Crippen molar-refractivity contribution in [2.24, 2.45) is 0 Å². The van der Waals surface area contributed by atoms with E-state index in [-0.39, 0.29) is 18.1 Å². The van der Waals surface area contributed by atoms with Gasteiger partial charge in [-0.1, -0.05) is 18.2 Å². The number of rotatable bonds is 6. The lowest BCUT2D eigenvalue weighted by Gasteiger charge is -2.19. The summed E-state index contributed by atoms with van der Waals surface area (Å²) in [5.41, 5.74) is 2.50. The number of ether oxygens (including phenoxy) is 1. The molecule has 1 aromatic heterocycles. The Morgan fingerprint density at radius 3 is 2.76 bits per heavy atom. The summed E-state index contributed by atoms with van der Waals surface area (Å²) >= 11 is 0. The van der Waals surface area contributed by atoms with E-state index in [1.54, 1.807) is 26.1 Å². The lowest BCUT2D eigenvalue weighted by atomic mass is 9.89. The number of carbonyl (C=O) groups is 1. The number of hydrogen-bond donors (Lipinski definition) is 2. The molecule has 1 unspecified atom stereocenters. The van der Waals surface area contributed by atoms with E-state index >= 15 is 0 Å². The van der Waals surface area contributed by atoms with Gasteiger partial charge in [0.15, 0.2) is 0 Å². The zero-order chi connectivity index (χ0) is 18.6. The van der Waals surface area contributed by atoms with Crippen LogP contribution in [0.1, 0.15) is 34.3 Å². The molecule has 0 saturated heterocycles. The van der Waals surface area contributed by atoms with Gasteiger partial charge < -0.3 is 15.2 Å². The minimum atomic E-state index is -0.540. The molecule has 0 aliphatic rings. The minimum Gasteiger partial charge on any atom is -0.480 e. The first-order valence-corrected chi connectivity index (χ1v) is 7.75. The zero-order valence-corrected chi connectivity index (χ0v) is 14.5. The fourth-order valence-electron chi connectivity index (χ4n) is 2.57. The third-order valence-corrected chi connectivity index (χ3v) is 3.97. The molecule has 0 radical (unpaired) electrons. The molecule has 2 N–H and O–H groups in total. The van der Waals surface area contributed by atoms with Gasteiger partial charge in [0, 0.05) is 17.7 Å². The topological polar surface area (TPSA) is 71.5 Å². The van der Waals surface area contributed by atoms with Gasteiger partial charge in [0.05, 0.1) is 13.7 Å². The Labute approximate surface area is 146 Å². The molecule has 132 valence electrons.